The predicted molar refractivity (Wildman–Crippen MR) is 46.9 cm³/mol. The van der Waals surface area contributed by atoms with Crippen LogP contribution in [0, 0.1) is 5.41 Å². The van der Waals surface area contributed by atoms with Crippen molar-refractivity contribution in [3.63, 3.8) is 0 Å². The van der Waals surface area contributed by atoms with Crippen molar-refractivity contribution in [2.75, 3.05) is 6.26 Å². The highest BCUT2D eigenvalue weighted by Gasteiger charge is 2.13. The summed E-state index contributed by atoms with van der Waals surface area (Å²) in [6.45, 7) is 6.30. The Labute approximate surface area is 66.7 Å². The van der Waals surface area contributed by atoms with Crippen molar-refractivity contribution in [2.24, 2.45) is 5.41 Å². The quantitative estimate of drug-likeness (QED) is 0.572. The highest BCUT2D eigenvalue weighted by molar-refractivity contribution is 8.01. The van der Waals surface area contributed by atoms with Gasteiger partial charge in [0.25, 0.3) is 0 Å². The normalized spacial score (nSPS) is 14.1. The fourth-order valence-electron chi connectivity index (χ4n) is 0.280. The molecule has 0 unspecified atom stereocenters. The van der Waals surface area contributed by atoms with Crippen LogP contribution in [0.5, 0.6) is 0 Å². The lowest BCUT2D eigenvalue weighted by molar-refractivity contribution is 0.532. The van der Waals surface area contributed by atoms with Crippen molar-refractivity contribution >= 4 is 23.4 Å². The van der Waals surface area contributed by atoms with E-state index in [-0.39, 0.29) is 5.41 Å². The van der Waals surface area contributed by atoms with E-state index in [1.54, 1.807) is 11.8 Å². The van der Waals surface area contributed by atoms with Crippen molar-refractivity contribution in [3.8, 4) is 0 Å². The Morgan fingerprint density at radius 2 is 1.89 bits per heavy atom. The second-order valence-corrected chi connectivity index (χ2v) is 4.07. The van der Waals surface area contributed by atoms with E-state index >= 15 is 0 Å². The summed E-state index contributed by atoms with van der Waals surface area (Å²) >= 11 is 7.54. The van der Waals surface area contributed by atoms with E-state index in [0.29, 0.717) is 0 Å². The lowest BCUT2D eigenvalue weighted by atomic mass is 9.97. The molecule has 0 atom stereocenters. The molecule has 0 N–H and O–H groups in total. The van der Waals surface area contributed by atoms with Gasteiger partial charge in [-0.3, -0.25) is 0 Å². The minimum Gasteiger partial charge on any atom is -0.136 e. The van der Waals surface area contributed by atoms with Gasteiger partial charge in [-0.1, -0.05) is 32.4 Å². The van der Waals surface area contributed by atoms with Crippen molar-refractivity contribution in [2.45, 2.75) is 20.8 Å². The van der Waals surface area contributed by atoms with Gasteiger partial charge in [-0.2, -0.15) is 0 Å². The number of allylic oxidation sites excluding steroid dienone is 1. The number of halogens is 1. The Morgan fingerprint density at radius 3 is 2.00 bits per heavy atom. The third-order valence-corrected chi connectivity index (χ3v) is 2.21. The molecule has 9 heavy (non-hydrogen) atoms. The maximum atomic E-state index is 5.90. The van der Waals surface area contributed by atoms with Gasteiger partial charge in [0, 0.05) is 5.03 Å². The highest BCUT2D eigenvalue weighted by Crippen LogP contribution is 2.29. The van der Waals surface area contributed by atoms with Crippen LogP contribution in [-0.2, 0) is 0 Å². The number of hydrogen-bond donors (Lipinski definition) is 0. The molecule has 0 aliphatic heterocycles. The third kappa shape index (κ3) is 3.88. The standard InChI is InChI=1S/C7H13ClS/c1-7(2,3)6(8)5-9-4/h5H,1-4H3/b6-5-. The van der Waals surface area contributed by atoms with Gasteiger partial charge >= 0.3 is 0 Å². The average Bonchev–Trinajstić information content (AvgIpc) is 1.64. The molecule has 0 aliphatic carbocycles. The summed E-state index contributed by atoms with van der Waals surface area (Å²) < 4.78 is 0. The van der Waals surface area contributed by atoms with Gasteiger partial charge in [-0.05, 0) is 17.1 Å². The van der Waals surface area contributed by atoms with E-state index in [9.17, 15) is 0 Å². The zero-order valence-corrected chi connectivity index (χ0v) is 7.94. The van der Waals surface area contributed by atoms with E-state index in [0.717, 1.165) is 5.03 Å². The van der Waals surface area contributed by atoms with E-state index in [4.69, 9.17) is 11.6 Å². The first kappa shape index (κ1) is 9.38. The molecule has 0 aliphatic rings. The molecule has 0 aromatic rings. The monoisotopic (exact) mass is 164 g/mol. The minimum absolute atomic E-state index is 0.116. The fraction of sp³-hybridized carbons (Fsp3) is 0.714. The lowest BCUT2D eigenvalue weighted by Gasteiger charge is -2.16. The average molecular weight is 165 g/mol. The third-order valence-electron chi connectivity index (χ3n) is 0.938. The molecule has 0 saturated carbocycles. The number of thioether (sulfide) groups is 1. The van der Waals surface area contributed by atoms with Gasteiger partial charge in [0.1, 0.15) is 0 Å². The maximum absolute atomic E-state index is 5.90. The molecule has 0 heterocycles. The molecular weight excluding hydrogens is 152 g/mol. The van der Waals surface area contributed by atoms with Gasteiger partial charge in [0.05, 0.1) is 0 Å². The van der Waals surface area contributed by atoms with Crippen LogP contribution in [0.3, 0.4) is 0 Å². The van der Waals surface area contributed by atoms with E-state index < -0.39 is 0 Å². The minimum atomic E-state index is 0.116. The van der Waals surface area contributed by atoms with Crippen LogP contribution in [0.15, 0.2) is 10.4 Å². The van der Waals surface area contributed by atoms with Gasteiger partial charge in [0.15, 0.2) is 0 Å². The summed E-state index contributed by atoms with van der Waals surface area (Å²) in [5.74, 6) is 0. The Kier molecular flexibility index (Phi) is 3.67. The van der Waals surface area contributed by atoms with Crippen LogP contribution in [0.2, 0.25) is 0 Å². The van der Waals surface area contributed by atoms with Gasteiger partial charge in [0.2, 0.25) is 0 Å². The molecule has 0 rings (SSSR count). The first-order chi connectivity index (χ1) is 3.98. The summed E-state index contributed by atoms with van der Waals surface area (Å²) in [5.41, 5.74) is 0.116. The first-order valence-electron chi connectivity index (χ1n) is 2.87. The Bertz CT molecular complexity index is 111. The summed E-state index contributed by atoms with van der Waals surface area (Å²) in [6.07, 6.45) is 2.01. The number of rotatable bonds is 1. The molecule has 0 bridgehead atoms. The van der Waals surface area contributed by atoms with Crippen LogP contribution in [0.1, 0.15) is 20.8 Å². The Balaban J connectivity index is 4.03. The molecule has 0 spiro atoms. The summed E-state index contributed by atoms with van der Waals surface area (Å²) in [5, 5.41) is 2.90. The van der Waals surface area contributed by atoms with Crippen LogP contribution in [-0.4, -0.2) is 6.26 Å². The molecule has 0 amide bonds. The van der Waals surface area contributed by atoms with Crippen LogP contribution in [0.25, 0.3) is 0 Å². The smallest absolute Gasteiger partial charge is 0.0297 e. The summed E-state index contributed by atoms with van der Waals surface area (Å²) in [6, 6.07) is 0. The summed E-state index contributed by atoms with van der Waals surface area (Å²) in [7, 11) is 0. The molecule has 0 fully saturated rings. The maximum Gasteiger partial charge on any atom is 0.0297 e. The molecule has 54 valence electrons. The lowest BCUT2D eigenvalue weighted by Crippen LogP contribution is -2.03. The SMILES string of the molecule is CS/C=C(\Cl)C(C)(C)C. The molecule has 0 aromatic carbocycles. The van der Waals surface area contributed by atoms with Gasteiger partial charge in [-0.25, -0.2) is 0 Å². The van der Waals surface area contributed by atoms with Crippen molar-refractivity contribution in [1.29, 1.82) is 0 Å². The van der Waals surface area contributed by atoms with Crippen molar-refractivity contribution < 1.29 is 0 Å². The van der Waals surface area contributed by atoms with Crippen LogP contribution < -0.4 is 0 Å². The zero-order valence-electron chi connectivity index (χ0n) is 6.36. The topological polar surface area (TPSA) is 0 Å². The highest BCUT2D eigenvalue weighted by atomic mass is 35.5. The largest absolute Gasteiger partial charge is 0.136 e. The van der Waals surface area contributed by atoms with Crippen molar-refractivity contribution in [3.05, 3.63) is 10.4 Å². The van der Waals surface area contributed by atoms with Crippen LogP contribution >= 0.6 is 23.4 Å². The molecule has 0 saturated heterocycles. The van der Waals surface area contributed by atoms with Gasteiger partial charge in [-0.15, -0.1) is 11.8 Å². The Hall–Kier alpha value is 0.380. The molecule has 0 aromatic heterocycles. The Morgan fingerprint density at radius 1 is 1.44 bits per heavy atom. The van der Waals surface area contributed by atoms with E-state index in [2.05, 4.69) is 20.8 Å². The molecule has 2 heteroatoms. The second-order valence-electron chi connectivity index (χ2n) is 2.95. The second kappa shape index (κ2) is 3.52. The number of hydrogen-bond acceptors (Lipinski definition) is 1. The van der Waals surface area contributed by atoms with Crippen molar-refractivity contribution in [1.82, 2.24) is 0 Å². The van der Waals surface area contributed by atoms with E-state index in [1.165, 1.54) is 0 Å². The first-order valence-corrected chi connectivity index (χ1v) is 4.54. The van der Waals surface area contributed by atoms with E-state index in [1.807, 2.05) is 11.7 Å². The predicted octanol–water partition coefficient (Wildman–Crippen LogP) is 3.48. The summed E-state index contributed by atoms with van der Waals surface area (Å²) in [4.78, 5) is 0. The molecular formula is C7H13ClS. The van der Waals surface area contributed by atoms with Gasteiger partial charge < -0.3 is 0 Å². The zero-order chi connectivity index (χ0) is 7.49. The fourth-order valence-corrected chi connectivity index (χ4v) is 1.11. The van der Waals surface area contributed by atoms with Crippen LogP contribution in [0.4, 0.5) is 0 Å². The molecule has 0 nitrogen and oxygen atoms in total. The molecule has 0 radical (unpaired) electrons.